The fourth-order valence-corrected chi connectivity index (χ4v) is 3.08. The molecular formula is C22H25FN4O3. The van der Waals surface area contributed by atoms with Crippen LogP contribution >= 0.6 is 0 Å². The Kier molecular flexibility index (Phi) is 7.13. The molecule has 7 nitrogen and oxygen atoms in total. The largest absolute Gasteiger partial charge is 0.350 e. The van der Waals surface area contributed by atoms with E-state index >= 15 is 0 Å². The van der Waals surface area contributed by atoms with Gasteiger partial charge in [-0.15, -0.1) is 0 Å². The maximum absolute atomic E-state index is 12.9. The smallest absolute Gasteiger partial charge is 0.253 e. The summed E-state index contributed by atoms with van der Waals surface area (Å²) >= 11 is 0. The van der Waals surface area contributed by atoms with Crippen LogP contribution in [0, 0.1) is 5.82 Å². The molecule has 1 heterocycles. The lowest BCUT2D eigenvalue weighted by Gasteiger charge is -2.32. The number of nitrogens with zero attached hydrogens (tertiary/aromatic N) is 2. The quantitative estimate of drug-likeness (QED) is 0.749. The molecule has 0 aromatic heterocycles. The van der Waals surface area contributed by atoms with Gasteiger partial charge in [-0.05, 0) is 49.0 Å². The molecule has 3 amide bonds. The highest BCUT2D eigenvalue weighted by molar-refractivity contribution is 5.96. The fourth-order valence-electron chi connectivity index (χ4n) is 3.08. The molecule has 1 aliphatic heterocycles. The average molecular weight is 412 g/mol. The minimum absolute atomic E-state index is 0.0159. The van der Waals surface area contributed by atoms with Gasteiger partial charge < -0.3 is 20.4 Å². The van der Waals surface area contributed by atoms with Crippen molar-refractivity contribution in [1.29, 1.82) is 0 Å². The molecule has 0 aliphatic carbocycles. The predicted octanol–water partition coefficient (Wildman–Crippen LogP) is 1.26. The van der Waals surface area contributed by atoms with Crippen molar-refractivity contribution in [1.82, 2.24) is 20.4 Å². The molecule has 0 atom stereocenters. The number of rotatable bonds is 6. The van der Waals surface area contributed by atoms with Crippen LogP contribution in [0.2, 0.25) is 0 Å². The molecule has 1 fully saturated rings. The molecule has 0 spiro atoms. The van der Waals surface area contributed by atoms with Gasteiger partial charge in [0.05, 0.1) is 6.54 Å². The van der Waals surface area contributed by atoms with E-state index in [1.807, 2.05) is 11.9 Å². The zero-order valence-corrected chi connectivity index (χ0v) is 16.9. The lowest BCUT2D eigenvalue weighted by Crippen LogP contribution is -2.47. The lowest BCUT2D eigenvalue weighted by molar-refractivity contribution is -0.120. The second kappa shape index (κ2) is 9.98. The van der Waals surface area contributed by atoms with Crippen molar-refractivity contribution in [2.45, 2.75) is 6.54 Å². The van der Waals surface area contributed by atoms with E-state index in [9.17, 15) is 18.8 Å². The zero-order chi connectivity index (χ0) is 21.5. The van der Waals surface area contributed by atoms with E-state index in [4.69, 9.17) is 0 Å². The first kappa shape index (κ1) is 21.4. The standard InChI is InChI=1S/C22H25FN4O3/c1-26-10-12-27(13-11-26)22(30)18-4-2-16(3-5-18)14-24-20(28)15-25-21(29)17-6-8-19(23)9-7-17/h2-9H,10-15H2,1H3,(H,24,28)(H,25,29). The van der Waals surface area contributed by atoms with Gasteiger partial charge in [0.1, 0.15) is 5.82 Å². The van der Waals surface area contributed by atoms with E-state index in [1.165, 1.54) is 24.3 Å². The molecule has 158 valence electrons. The number of benzene rings is 2. The van der Waals surface area contributed by atoms with Crippen molar-refractivity contribution < 1.29 is 18.8 Å². The van der Waals surface area contributed by atoms with Gasteiger partial charge in [0.15, 0.2) is 0 Å². The number of nitrogens with one attached hydrogen (secondary N) is 2. The third kappa shape index (κ3) is 5.87. The van der Waals surface area contributed by atoms with Crippen molar-refractivity contribution in [3.63, 3.8) is 0 Å². The van der Waals surface area contributed by atoms with Gasteiger partial charge in [-0.1, -0.05) is 12.1 Å². The summed E-state index contributed by atoms with van der Waals surface area (Å²) in [5, 5.41) is 5.21. The van der Waals surface area contributed by atoms with E-state index in [0.29, 0.717) is 5.56 Å². The molecule has 8 heteroatoms. The Morgan fingerprint density at radius 2 is 1.47 bits per heavy atom. The number of halogens is 1. The maximum atomic E-state index is 12.9. The van der Waals surface area contributed by atoms with Crippen molar-refractivity contribution in [3.8, 4) is 0 Å². The third-order valence-corrected chi connectivity index (χ3v) is 5.00. The summed E-state index contributed by atoms with van der Waals surface area (Å²) in [6, 6.07) is 12.2. The first-order chi connectivity index (χ1) is 14.4. The Bertz CT molecular complexity index is 892. The molecule has 30 heavy (non-hydrogen) atoms. The minimum Gasteiger partial charge on any atom is -0.350 e. The fraction of sp³-hybridized carbons (Fsp3) is 0.318. The normalized spacial score (nSPS) is 14.3. The number of likely N-dealkylation sites (N-methyl/N-ethyl adjacent to an activating group) is 1. The number of amides is 3. The van der Waals surface area contributed by atoms with Gasteiger partial charge in [0.25, 0.3) is 11.8 Å². The highest BCUT2D eigenvalue weighted by atomic mass is 19.1. The van der Waals surface area contributed by atoms with E-state index < -0.39 is 11.7 Å². The van der Waals surface area contributed by atoms with E-state index in [2.05, 4.69) is 15.5 Å². The topological polar surface area (TPSA) is 81.8 Å². The van der Waals surface area contributed by atoms with Crippen molar-refractivity contribution >= 4 is 17.7 Å². The van der Waals surface area contributed by atoms with Crippen LogP contribution in [0.25, 0.3) is 0 Å². The first-order valence-electron chi connectivity index (χ1n) is 9.79. The molecule has 2 N–H and O–H groups in total. The molecule has 0 radical (unpaired) electrons. The molecule has 1 saturated heterocycles. The summed E-state index contributed by atoms with van der Waals surface area (Å²) in [4.78, 5) is 40.5. The summed E-state index contributed by atoms with van der Waals surface area (Å²) < 4.78 is 12.9. The summed E-state index contributed by atoms with van der Waals surface area (Å²) in [5.74, 6) is -1.21. The van der Waals surface area contributed by atoms with Gasteiger partial charge in [0.2, 0.25) is 5.91 Å². The van der Waals surface area contributed by atoms with Gasteiger partial charge in [-0.3, -0.25) is 14.4 Å². The van der Waals surface area contributed by atoms with Crippen molar-refractivity contribution in [2.24, 2.45) is 0 Å². The number of hydrogen-bond donors (Lipinski definition) is 2. The average Bonchev–Trinajstić information content (AvgIpc) is 2.77. The molecule has 0 saturated carbocycles. The summed E-state index contributed by atoms with van der Waals surface area (Å²) in [5.41, 5.74) is 1.76. The van der Waals surface area contributed by atoms with Crippen LogP contribution in [0.5, 0.6) is 0 Å². The van der Waals surface area contributed by atoms with Gasteiger partial charge >= 0.3 is 0 Å². The zero-order valence-electron chi connectivity index (χ0n) is 16.9. The van der Waals surface area contributed by atoms with Gasteiger partial charge in [-0.25, -0.2) is 4.39 Å². The molecule has 2 aromatic rings. The third-order valence-electron chi connectivity index (χ3n) is 5.00. The van der Waals surface area contributed by atoms with Crippen LogP contribution in [-0.2, 0) is 11.3 Å². The van der Waals surface area contributed by atoms with Crippen LogP contribution in [0.15, 0.2) is 48.5 Å². The highest BCUT2D eigenvalue weighted by Crippen LogP contribution is 2.10. The van der Waals surface area contributed by atoms with Crippen LogP contribution in [-0.4, -0.2) is 67.3 Å². The Morgan fingerprint density at radius 3 is 2.10 bits per heavy atom. The first-order valence-corrected chi connectivity index (χ1v) is 9.79. The monoisotopic (exact) mass is 412 g/mol. The molecule has 3 rings (SSSR count). The second-order valence-electron chi connectivity index (χ2n) is 7.26. The Balaban J connectivity index is 1.43. The minimum atomic E-state index is -0.447. The highest BCUT2D eigenvalue weighted by Gasteiger charge is 2.20. The summed E-state index contributed by atoms with van der Waals surface area (Å²) in [7, 11) is 2.04. The molecule has 0 unspecified atom stereocenters. The molecule has 1 aliphatic rings. The molecule has 2 aromatic carbocycles. The van der Waals surface area contributed by atoms with Gasteiger partial charge in [-0.2, -0.15) is 0 Å². The molecular weight excluding hydrogens is 387 g/mol. The van der Waals surface area contributed by atoms with Crippen molar-refractivity contribution in [3.05, 3.63) is 71.0 Å². The lowest BCUT2D eigenvalue weighted by atomic mass is 10.1. The Hall–Kier alpha value is -3.26. The maximum Gasteiger partial charge on any atom is 0.253 e. The summed E-state index contributed by atoms with van der Waals surface area (Å²) in [6.45, 7) is 3.28. The number of piperazine rings is 1. The van der Waals surface area contributed by atoms with Crippen molar-refractivity contribution in [2.75, 3.05) is 39.8 Å². The van der Waals surface area contributed by atoms with Crippen LogP contribution < -0.4 is 10.6 Å². The Labute approximate surface area is 174 Å². The van der Waals surface area contributed by atoms with Crippen LogP contribution in [0.3, 0.4) is 0 Å². The van der Waals surface area contributed by atoms with E-state index in [-0.39, 0.29) is 30.5 Å². The molecule has 0 bridgehead atoms. The number of carbonyl (C=O) groups is 3. The second-order valence-corrected chi connectivity index (χ2v) is 7.26. The number of hydrogen-bond acceptors (Lipinski definition) is 4. The SMILES string of the molecule is CN1CCN(C(=O)c2ccc(CNC(=O)CNC(=O)c3ccc(F)cc3)cc2)CC1. The van der Waals surface area contributed by atoms with Crippen LogP contribution in [0.1, 0.15) is 26.3 Å². The van der Waals surface area contributed by atoms with Crippen LogP contribution in [0.4, 0.5) is 4.39 Å². The number of carbonyl (C=O) groups excluding carboxylic acids is 3. The Morgan fingerprint density at radius 1 is 0.867 bits per heavy atom. The van der Waals surface area contributed by atoms with Gasteiger partial charge in [0, 0.05) is 43.9 Å². The van der Waals surface area contributed by atoms with E-state index in [0.717, 1.165) is 31.7 Å². The summed E-state index contributed by atoms with van der Waals surface area (Å²) in [6.07, 6.45) is 0. The predicted molar refractivity (Wildman–Crippen MR) is 110 cm³/mol. The van der Waals surface area contributed by atoms with E-state index in [1.54, 1.807) is 24.3 Å².